The first kappa shape index (κ1) is 17.0. The summed E-state index contributed by atoms with van der Waals surface area (Å²) in [4.78, 5) is 12.4. The summed E-state index contributed by atoms with van der Waals surface area (Å²) >= 11 is 1.11. The quantitative estimate of drug-likeness (QED) is 0.561. The average Bonchev–Trinajstić information content (AvgIpc) is 2.98. The molecule has 7 heteroatoms. The first-order valence-corrected chi connectivity index (χ1v) is 8.61. The van der Waals surface area contributed by atoms with Gasteiger partial charge >= 0.3 is 0 Å². The number of nitrogens with zero attached hydrogens (tertiary/aromatic N) is 2. The SMILES string of the molecule is Cc1ccc(NC(=O)C(C)Sc2c([O-])on[n+]2-c2ccccc2)cc1. The summed E-state index contributed by atoms with van der Waals surface area (Å²) in [7, 11) is 0. The molecule has 0 radical (unpaired) electrons. The van der Waals surface area contributed by atoms with Crippen LogP contribution in [0.15, 0.2) is 64.1 Å². The highest BCUT2D eigenvalue weighted by molar-refractivity contribution is 8.00. The molecule has 1 unspecified atom stereocenters. The Balaban J connectivity index is 1.74. The van der Waals surface area contributed by atoms with Gasteiger partial charge in [0.05, 0.1) is 10.5 Å². The van der Waals surface area contributed by atoms with E-state index in [1.54, 1.807) is 6.92 Å². The Morgan fingerprint density at radius 1 is 1.20 bits per heavy atom. The minimum Gasteiger partial charge on any atom is -0.538 e. The molecule has 0 saturated heterocycles. The monoisotopic (exact) mass is 355 g/mol. The second kappa shape index (κ2) is 7.40. The maximum atomic E-state index is 12.4. The first-order chi connectivity index (χ1) is 12.0. The molecule has 1 heterocycles. The van der Waals surface area contributed by atoms with Crippen LogP contribution in [-0.4, -0.2) is 16.4 Å². The van der Waals surface area contributed by atoms with Gasteiger partial charge in [-0.1, -0.05) is 35.9 Å². The van der Waals surface area contributed by atoms with Gasteiger partial charge in [0.2, 0.25) is 11.6 Å². The molecule has 0 aliphatic carbocycles. The smallest absolute Gasteiger partial charge is 0.298 e. The molecule has 0 saturated carbocycles. The van der Waals surface area contributed by atoms with Crippen molar-refractivity contribution < 1.29 is 19.1 Å². The highest BCUT2D eigenvalue weighted by Crippen LogP contribution is 2.28. The Bertz CT molecular complexity index is 863. The van der Waals surface area contributed by atoms with E-state index >= 15 is 0 Å². The fraction of sp³-hybridized carbons (Fsp3) is 0.167. The Morgan fingerprint density at radius 2 is 1.88 bits per heavy atom. The second-order valence-electron chi connectivity index (χ2n) is 5.53. The lowest BCUT2D eigenvalue weighted by molar-refractivity contribution is -0.705. The molecule has 2 aromatic carbocycles. The maximum Gasteiger partial charge on any atom is 0.298 e. The van der Waals surface area contributed by atoms with Crippen molar-refractivity contribution in [1.29, 1.82) is 0 Å². The average molecular weight is 355 g/mol. The maximum absolute atomic E-state index is 12.4. The van der Waals surface area contributed by atoms with E-state index < -0.39 is 11.2 Å². The van der Waals surface area contributed by atoms with E-state index in [9.17, 15) is 9.90 Å². The van der Waals surface area contributed by atoms with E-state index in [0.29, 0.717) is 11.4 Å². The molecule has 1 atom stereocenters. The lowest BCUT2D eigenvalue weighted by atomic mass is 10.2. The Hall–Kier alpha value is -2.80. The molecule has 3 aromatic rings. The molecule has 3 rings (SSSR count). The summed E-state index contributed by atoms with van der Waals surface area (Å²) in [6.45, 7) is 3.71. The summed E-state index contributed by atoms with van der Waals surface area (Å²) in [5.74, 6) is -0.766. The van der Waals surface area contributed by atoms with Crippen LogP contribution in [0.2, 0.25) is 0 Å². The predicted octanol–water partition coefficient (Wildman–Crippen LogP) is 2.45. The van der Waals surface area contributed by atoms with Crippen LogP contribution < -0.4 is 15.1 Å². The highest BCUT2D eigenvalue weighted by atomic mass is 32.2. The number of anilines is 1. The molecule has 0 spiro atoms. The predicted molar refractivity (Wildman–Crippen MR) is 92.6 cm³/mol. The van der Waals surface area contributed by atoms with Gasteiger partial charge in [-0.3, -0.25) is 4.79 Å². The van der Waals surface area contributed by atoms with Gasteiger partial charge < -0.3 is 14.9 Å². The van der Waals surface area contributed by atoms with Gasteiger partial charge in [-0.05, 0) is 42.4 Å². The third kappa shape index (κ3) is 4.00. The number of hydrogen-bond acceptors (Lipinski definition) is 5. The number of benzene rings is 2. The number of thioether (sulfide) groups is 1. The van der Waals surface area contributed by atoms with Crippen LogP contribution in [-0.2, 0) is 4.79 Å². The molecular weight excluding hydrogens is 338 g/mol. The molecule has 1 aromatic heterocycles. The summed E-state index contributed by atoms with van der Waals surface area (Å²) in [5.41, 5.74) is 2.53. The van der Waals surface area contributed by atoms with E-state index in [2.05, 4.69) is 10.6 Å². The molecule has 0 aliphatic heterocycles. The van der Waals surface area contributed by atoms with Crippen molar-refractivity contribution in [1.82, 2.24) is 5.27 Å². The molecule has 128 valence electrons. The minimum atomic E-state index is -0.566. The third-order valence-corrected chi connectivity index (χ3v) is 4.68. The number of aromatic nitrogens is 2. The number of aryl methyl sites for hydroxylation is 1. The van der Waals surface area contributed by atoms with Crippen molar-refractivity contribution in [2.45, 2.75) is 24.1 Å². The number of hydrogen-bond donors (Lipinski definition) is 1. The van der Waals surface area contributed by atoms with Gasteiger partial charge in [0, 0.05) is 17.8 Å². The van der Waals surface area contributed by atoms with Gasteiger partial charge in [0.15, 0.2) is 5.95 Å². The van der Waals surface area contributed by atoms with E-state index in [-0.39, 0.29) is 10.9 Å². The van der Waals surface area contributed by atoms with Crippen molar-refractivity contribution in [2.24, 2.45) is 0 Å². The van der Waals surface area contributed by atoms with E-state index in [4.69, 9.17) is 4.52 Å². The second-order valence-corrected chi connectivity index (χ2v) is 6.86. The fourth-order valence-corrected chi connectivity index (χ4v) is 3.05. The van der Waals surface area contributed by atoms with Crippen LogP contribution in [0, 0.1) is 6.92 Å². The molecule has 1 N–H and O–H groups in total. The normalized spacial score (nSPS) is 11.9. The van der Waals surface area contributed by atoms with E-state index in [1.165, 1.54) is 4.68 Å². The van der Waals surface area contributed by atoms with Crippen LogP contribution in [0.4, 0.5) is 5.69 Å². The topological polar surface area (TPSA) is 82.1 Å². The lowest BCUT2D eigenvalue weighted by Gasteiger charge is -2.10. The van der Waals surface area contributed by atoms with Gasteiger partial charge in [-0.25, -0.2) is 0 Å². The zero-order chi connectivity index (χ0) is 17.8. The van der Waals surface area contributed by atoms with Crippen LogP contribution in [0.3, 0.4) is 0 Å². The lowest BCUT2D eigenvalue weighted by Crippen LogP contribution is -2.36. The number of nitrogens with one attached hydrogen (secondary N) is 1. The van der Waals surface area contributed by atoms with Crippen LogP contribution in [0.25, 0.3) is 5.69 Å². The van der Waals surface area contributed by atoms with Gasteiger partial charge in [-0.15, -0.1) is 0 Å². The number of carbonyl (C=O) groups is 1. The van der Waals surface area contributed by atoms with Gasteiger partial charge in [-0.2, -0.15) is 0 Å². The molecule has 0 aliphatic rings. The number of rotatable bonds is 5. The van der Waals surface area contributed by atoms with Crippen molar-refractivity contribution >= 4 is 23.4 Å². The zero-order valence-electron chi connectivity index (χ0n) is 13.8. The van der Waals surface area contributed by atoms with Gasteiger partial charge in [0.1, 0.15) is 0 Å². The molecule has 0 bridgehead atoms. The molecule has 25 heavy (non-hydrogen) atoms. The number of carbonyl (C=O) groups excluding carboxylic acids is 1. The number of para-hydroxylation sites is 1. The van der Waals surface area contributed by atoms with Crippen LogP contribution >= 0.6 is 11.8 Å². The highest BCUT2D eigenvalue weighted by Gasteiger charge is 2.26. The number of amides is 1. The summed E-state index contributed by atoms with van der Waals surface area (Å²) in [6, 6.07) is 16.7. The Kier molecular flexibility index (Phi) is 5.04. The summed E-state index contributed by atoms with van der Waals surface area (Å²) in [6.07, 6.45) is 0. The molecule has 1 amide bonds. The standard InChI is InChI=1S/C18H17N3O3S/c1-12-8-10-14(11-9-12)19-16(22)13(2)25-17-18(23)24-20-21(17)15-6-4-3-5-7-15/h3-11,13H,1-2H3,(H-,19,20,22,23). The Morgan fingerprint density at radius 3 is 2.56 bits per heavy atom. The summed E-state index contributed by atoms with van der Waals surface area (Å²) in [5, 5.41) is 18.3. The Labute approximate surface area is 149 Å². The summed E-state index contributed by atoms with van der Waals surface area (Å²) < 4.78 is 6.17. The molecule has 0 fully saturated rings. The van der Waals surface area contributed by atoms with E-state index in [0.717, 1.165) is 17.3 Å². The van der Waals surface area contributed by atoms with Crippen LogP contribution in [0.5, 0.6) is 5.95 Å². The van der Waals surface area contributed by atoms with Crippen molar-refractivity contribution in [3.05, 3.63) is 60.2 Å². The van der Waals surface area contributed by atoms with Crippen molar-refractivity contribution in [2.75, 3.05) is 5.32 Å². The third-order valence-electron chi connectivity index (χ3n) is 3.55. The first-order valence-electron chi connectivity index (χ1n) is 7.73. The van der Waals surface area contributed by atoms with Gasteiger partial charge in [0.25, 0.3) is 5.03 Å². The largest absolute Gasteiger partial charge is 0.538 e. The minimum absolute atomic E-state index is 0.200. The van der Waals surface area contributed by atoms with E-state index in [1.807, 2.05) is 61.5 Å². The molecular formula is C18H17N3O3S. The van der Waals surface area contributed by atoms with Crippen molar-refractivity contribution in [3.8, 4) is 11.6 Å². The fourth-order valence-electron chi connectivity index (χ4n) is 2.17. The molecule has 6 nitrogen and oxygen atoms in total. The zero-order valence-corrected chi connectivity index (χ0v) is 14.6. The van der Waals surface area contributed by atoms with Crippen LogP contribution in [0.1, 0.15) is 12.5 Å². The van der Waals surface area contributed by atoms with Crippen molar-refractivity contribution in [3.63, 3.8) is 0 Å².